The van der Waals surface area contributed by atoms with Crippen LogP contribution in [0.15, 0.2) is 16.6 Å². The van der Waals surface area contributed by atoms with E-state index in [1.54, 1.807) is 12.1 Å². The maximum Gasteiger partial charge on any atom is 0.147 e. The average molecular weight is 323 g/mol. The Morgan fingerprint density at radius 1 is 1.59 bits per heavy atom. The summed E-state index contributed by atoms with van der Waals surface area (Å²) in [6.45, 7) is 1.41. The smallest absolute Gasteiger partial charge is 0.147 e. The van der Waals surface area contributed by atoms with Gasteiger partial charge in [-0.2, -0.15) is 0 Å². The molecule has 2 atom stereocenters. The van der Waals surface area contributed by atoms with Crippen LogP contribution in [0.25, 0.3) is 0 Å². The highest BCUT2D eigenvalue weighted by atomic mass is 79.9. The minimum absolute atomic E-state index is 0.0527. The monoisotopic (exact) mass is 321 g/mol. The number of hydrogen-bond acceptors (Lipinski definition) is 2. The van der Waals surface area contributed by atoms with Gasteiger partial charge in [-0.05, 0) is 35.5 Å². The van der Waals surface area contributed by atoms with Crippen molar-refractivity contribution in [3.8, 4) is 0 Å². The lowest BCUT2D eigenvalue weighted by Crippen LogP contribution is -2.26. The van der Waals surface area contributed by atoms with Gasteiger partial charge < -0.3 is 10.1 Å². The maximum absolute atomic E-state index is 14.1. The van der Waals surface area contributed by atoms with Crippen molar-refractivity contribution in [1.82, 2.24) is 5.32 Å². The van der Waals surface area contributed by atoms with E-state index in [0.29, 0.717) is 22.6 Å². The molecule has 0 radical (unpaired) electrons. The number of halogens is 3. The molecule has 1 heterocycles. The molecule has 2 rings (SSSR count). The molecule has 0 aliphatic carbocycles. The fraction of sp³-hybridized carbons (Fsp3) is 0.500. The predicted octanol–water partition coefficient (Wildman–Crippen LogP) is 3.54. The first-order valence-electron chi connectivity index (χ1n) is 5.53. The van der Waals surface area contributed by atoms with Crippen molar-refractivity contribution in [3.63, 3.8) is 0 Å². The van der Waals surface area contributed by atoms with Gasteiger partial charge >= 0.3 is 0 Å². The molecule has 2 nitrogen and oxygen atoms in total. The first-order valence-corrected chi connectivity index (χ1v) is 6.70. The van der Waals surface area contributed by atoms with Crippen molar-refractivity contribution >= 4 is 27.5 Å². The molecular formula is C12H14BrClFNO. The molecule has 1 saturated heterocycles. The number of nitrogens with one attached hydrogen (secondary N) is 1. The quantitative estimate of drug-likeness (QED) is 0.860. The molecule has 17 heavy (non-hydrogen) atoms. The lowest BCUT2D eigenvalue weighted by Gasteiger charge is -2.23. The van der Waals surface area contributed by atoms with Gasteiger partial charge in [-0.25, -0.2) is 4.39 Å². The van der Waals surface area contributed by atoms with Crippen molar-refractivity contribution in [2.24, 2.45) is 5.92 Å². The Morgan fingerprint density at radius 3 is 2.94 bits per heavy atom. The van der Waals surface area contributed by atoms with Gasteiger partial charge in [0.2, 0.25) is 0 Å². The molecule has 94 valence electrons. The van der Waals surface area contributed by atoms with Gasteiger partial charge in [0.15, 0.2) is 0 Å². The van der Waals surface area contributed by atoms with E-state index < -0.39 is 0 Å². The van der Waals surface area contributed by atoms with Crippen molar-refractivity contribution in [3.05, 3.63) is 33.0 Å². The number of ether oxygens (including phenoxy) is 1. The Morgan fingerprint density at radius 2 is 2.35 bits per heavy atom. The molecule has 0 spiro atoms. The summed E-state index contributed by atoms with van der Waals surface area (Å²) in [6.07, 6.45) is 0.943. The van der Waals surface area contributed by atoms with Gasteiger partial charge in [-0.3, -0.25) is 0 Å². The zero-order chi connectivity index (χ0) is 12.4. The van der Waals surface area contributed by atoms with E-state index in [-0.39, 0.29) is 16.9 Å². The SMILES string of the molecule is CNC(c1ccc(Br)c(Cl)c1F)C1CCOC1. The molecule has 0 aromatic heterocycles. The summed E-state index contributed by atoms with van der Waals surface area (Å²) >= 11 is 9.13. The Bertz CT molecular complexity index is 410. The lowest BCUT2D eigenvalue weighted by atomic mass is 9.92. The molecule has 0 saturated carbocycles. The van der Waals surface area contributed by atoms with Gasteiger partial charge in [-0.15, -0.1) is 0 Å². The number of benzene rings is 1. The van der Waals surface area contributed by atoms with E-state index in [1.165, 1.54) is 0 Å². The van der Waals surface area contributed by atoms with Crippen LogP contribution in [0.4, 0.5) is 4.39 Å². The van der Waals surface area contributed by atoms with Crippen molar-refractivity contribution < 1.29 is 9.13 Å². The zero-order valence-corrected chi connectivity index (χ0v) is 11.8. The average Bonchev–Trinajstić information content (AvgIpc) is 2.84. The highest BCUT2D eigenvalue weighted by molar-refractivity contribution is 9.10. The van der Waals surface area contributed by atoms with E-state index in [2.05, 4.69) is 21.2 Å². The van der Waals surface area contributed by atoms with Gasteiger partial charge in [0.05, 0.1) is 11.6 Å². The number of rotatable bonds is 3. The molecule has 5 heteroatoms. The normalized spacial score (nSPS) is 21.8. The first-order chi connectivity index (χ1) is 8.15. The van der Waals surface area contributed by atoms with E-state index >= 15 is 0 Å². The van der Waals surface area contributed by atoms with Crippen LogP contribution < -0.4 is 5.32 Å². The summed E-state index contributed by atoms with van der Waals surface area (Å²) in [7, 11) is 1.83. The topological polar surface area (TPSA) is 21.3 Å². The Labute approximate surface area is 114 Å². The largest absolute Gasteiger partial charge is 0.381 e. The van der Waals surface area contributed by atoms with E-state index in [0.717, 1.165) is 13.0 Å². The summed E-state index contributed by atoms with van der Waals surface area (Å²) in [5, 5.41) is 3.29. The standard InChI is InChI=1S/C12H14BrClFNO/c1-16-12(7-4-5-17-6-7)8-2-3-9(13)10(14)11(8)15/h2-3,7,12,16H,4-6H2,1H3. The first kappa shape index (κ1) is 13.3. The highest BCUT2D eigenvalue weighted by Crippen LogP contribution is 2.35. The van der Waals surface area contributed by atoms with Crippen LogP contribution in [-0.4, -0.2) is 20.3 Å². The van der Waals surface area contributed by atoms with E-state index in [1.807, 2.05) is 7.05 Å². The summed E-state index contributed by atoms with van der Waals surface area (Å²) in [5.74, 6) is -0.0565. The third-order valence-corrected chi connectivity index (χ3v) is 4.41. The lowest BCUT2D eigenvalue weighted by molar-refractivity contribution is 0.177. The van der Waals surface area contributed by atoms with Crippen LogP contribution >= 0.6 is 27.5 Å². The molecule has 1 aromatic rings. The van der Waals surface area contributed by atoms with Crippen LogP contribution in [0.2, 0.25) is 5.02 Å². The molecule has 2 unspecified atom stereocenters. The van der Waals surface area contributed by atoms with Crippen molar-refractivity contribution in [2.75, 3.05) is 20.3 Å². The second-order valence-electron chi connectivity index (χ2n) is 4.15. The van der Waals surface area contributed by atoms with Crippen molar-refractivity contribution in [1.29, 1.82) is 0 Å². The fourth-order valence-corrected chi connectivity index (χ4v) is 2.72. The maximum atomic E-state index is 14.1. The molecule has 1 aliphatic rings. The molecular weight excluding hydrogens is 308 g/mol. The summed E-state index contributed by atoms with van der Waals surface area (Å²) in [5.41, 5.74) is 0.608. The summed E-state index contributed by atoms with van der Waals surface area (Å²) in [4.78, 5) is 0. The number of hydrogen-bond donors (Lipinski definition) is 1. The van der Waals surface area contributed by atoms with Crippen LogP contribution in [0.5, 0.6) is 0 Å². The van der Waals surface area contributed by atoms with Crippen LogP contribution in [0.1, 0.15) is 18.0 Å². The predicted molar refractivity (Wildman–Crippen MR) is 69.8 cm³/mol. The van der Waals surface area contributed by atoms with Crippen LogP contribution in [0.3, 0.4) is 0 Å². The van der Waals surface area contributed by atoms with E-state index in [4.69, 9.17) is 16.3 Å². The van der Waals surface area contributed by atoms with Gasteiger partial charge in [-0.1, -0.05) is 17.7 Å². The third-order valence-electron chi connectivity index (χ3n) is 3.15. The molecule has 0 amide bonds. The Hall–Kier alpha value is -0.160. The second-order valence-corrected chi connectivity index (χ2v) is 5.39. The second kappa shape index (κ2) is 5.65. The van der Waals surface area contributed by atoms with Gasteiger partial charge in [0.1, 0.15) is 5.82 Å². The Balaban J connectivity index is 2.33. The summed E-state index contributed by atoms with van der Waals surface area (Å²) < 4.78 is 20.0. The van der Waals surface area contributed by atoms with Crippen molar-refractivity contribution in [2.45, 2.75) is 12.5 Å². The molecule has 1 aromatic carbocycles. The van der Waals surface area contributed by atoms with Gasteiger partial charge in [0.25, 0.3) is 0 Å². The Kier molecular flexibility index (Phi) is 4.42. The third kappa shape index (κ3) is 2.65. The molecule has 0 bridgehead atoms. The molecule has 1 fully saturated rings. The van der Waals surface area contributed by atoms with E-state index in [9.17, 15) is 4.39 Å². The minimum atomic E-state index is -0.354. The highest BCUT2D eigenvalue weighted by Gasteiger charge is 2.28. The molecule has 1 N–H and O–H groups in total. The fourth-order valence-electron chi connectivity index (χ4n) is 2.24. The van der Waals surface area contributed by atoms with Crippen LogP contribution in [-0.2, 0) is 4.74 Å². The zero-order valence-electron chi connectivity index (χ0n) is 9.47. The van der Waals surface area contributed by atoms with Crippen LogP contribution in [0, 0.1) is 11.7 Å². The molecule has 1 aliphatic heterocycles. The minimum Gasteiger partial charge on any atom is -0.381 e. The van der Waals surface area contributed by atoms with Gasteiger partial charge in [0, 0.05) is 28.6 Å². The summed E-state index contributed by atoms with van der Waals surface area (Å²) in [6, 6.07) is 3.49.